The molecule has 0 saturated heterocycles. The predicted molar refractivity (Wildman–Crippen MR) is 98.7 cm³/mol. The second kappa shape index (κ2) is 13.9. The molecule has 1 heterocycles. The van der Waals surface area contributed by atoms with E-state index in [4.69, 9.17) is 4.74 Å². The number of guanidine groups is 1. The summed E-state index contributed by atoms with van der Waals surface area (Å²) in [4.78, 5) is 8.75. The summed E-state index contributed by atoms with van der Waals surface area (Å²) < 4.78 is 6.13. The molecule has 1 aromatic rings. The molecule has 0 spiro atoms. The standard InChI is InChI=1S/C12H22N4OS2.HI/c1-3-13-11(15-6-8-17-2)14-5-4-9-18-12-16-7-10-19-12;/h7,10H,3-6,8-9H2,1-2H3,(H2,13,14,15);1H. The van der Waals surface area contributed by atoms with E-state index in [0.29, 0.717) is 6.61 Å². The molecular formula is C12H23IN4OS2. The molecule has 0 amide bonds. The topological polar surface area (TPSA) is 58.5 Å². The maximum absolute atomic E-state index is 5.00. The summed E-state index contributed by atoms with van der Waals surface area (Å²) in [5.41, 5.74) is 0. The second-order valence-electron chi connectivity index (χ2n) is 3.68. The first-order valence-electron chi connectivity index (χ1n) is 6.40. The molecule has 8 heteroatoms. The molecule has 0 aliphatic heterocycles. The summed E-state index contributed by atoms with van der Waals surface area (Å²) in [6.45, 7) is 5.21. The molecule has 1 aromatic heterocycles. The molecule has 0 fully saturated rings. The van der Waals surface area contributed by atoms with Crippen LogP contribution in [-0.2, 0) is 4.74 Å². The van der Waals surface area contributed by atoms with Gasteiger partial charge < -0.3 is 15.4 Å². The van der Waals surface area contributed by atoms with Crippen molar-refractivity contribution in [2.24, 2.45) is 4.99 Å². The largest absolute Gasteiger partial charge is 0.383 e. The Bertz CT molecular complexity index is 349. The van der Waals surface area contributed by atoms with Gasteiger partial charge in [0.25, 0.3) is 0 Å². The van der Waals surface area contributed by atoms with Crippen molar-refractivity contribution < 1.29 is 4.74 Å². The molecule has 0 unspecified atom stereocenters. The van der Waals surface area contributed by atoms with Crippen molar-refractivity contribution in [3.63, 3.8) is 0 Å². The Kier molecular flexibility index (Phi) is 13.9. The fourth-order valence-corrected chi connectivity index (χ4v) is 2.94. The van der Waals surface area contributed by atoms with E-state index in [9.17, 15) is 0 Å². The van der Waals surface area contributed by atoms with Gasteiger partial charge in [-0.3, -0.25) is 4.99 Å². The molecule has 0 bridgehead atoms. The van der Waals surface area contributed by atoms with Crippen molar-refractivity contribution in [2.75, 3.05) is 39.1 Å². The van der Waals surface area contributed by atoms with Gasteiger partial charge in [0.05, 0.1) is 6.61 Å². The first kappa shape index (κ1) is 19.9. The predicted octanol–water partition coefficient (Wildman–Crippen LogP) is 2.44. The fourth-order valence-electron chi connectivity index (χ4n) is 1.31. The molecule has 0 saturated carbocycles. The number of thiazole rings is 1. The highest BCUT2D eigenvalue weighted by Gasteiger charge is 1.97. The molecule has 0 aromatic carbocycles. The quantitative estimate of drug-likeness (QED) is 0.207. The first-order valence-corrected chi connectivity index (χ1v) is 8.26. The highest BCUT2D eigenvalue weighted by Crippen LogP contribution is 2.20. The minimum absolute atomic E-state index is 0. The molecule has 116 valence electrons. The van der Waals surface area contributed by atoms with E-state index in [-0.39, 0.29) is 24.0 Å². The van der Waals surface area contributed by atoms with Gasteiger partial charge in [-0.2, -0.15) is 0 Å². The first-order chi connectivity index (χ1) is 9.36. The number of nitrogens with zero attached hydrogens (tertiary/aromatic N) is 2. The van der Waals surface area contributed by atoms with Crippen LogP contribution in [0.1, 0.15) is 13.3 Å². The summed E-state index contributed by atoms with van der Waals surface area (Å²) in [5, 5.41) is 8.44. The summed E-state index contributed by atoms with van der Waals surface area (Å²) >= 11 is 3.48. The van der Waals surface area contributed by atoms with Crippen molar-refractivity contribution in [1.29, 1.82) is 0 Å². The number of aromatic nitrogens is 1. The van der Waals surface area contributed by atoms with Gasteiger partial charge in [0.2, 0.25) is 0 Å². The van der Waals surface area contributed by atoms with Crippen LogP contribution in [-0.4, -0.2) is 50.0 Å². The van der Waals surface area contributed by atoms with Gasteiger partial charge in [-0.05, 0) is 13.3 Å². The van der Waals surface area contributed by atoms with Gasteiger partial charge >= 0.3 is 0 Å². The number of rotatable bonds is 9. The lowest BCUT2D eigenvalue weighted by Gasteiger charge is -2.10. The molecule has 0 aliphatic carbocycles. The van der Waals surface area contributed by atoms with E-state index in [1.807, 2.05) is 11.6 Å². The molecule has 0 atom stereocenters. The Morgan fingerprint density at radius 2 is 2.35 bits per heavy atom. The lowest BCUT2D eigenvalue weighted by Crippen LogP contribution is -2.39. The molecule has 5 nitrogen and oxygen atoms in total. The van der Waals surface area contributed by atoms with Crippen molar-refractivity contribution in [1.82, 2.24) is 15.6 Å². The average molecular weight is 430 g/mol. The summed E-state index contributed by atoms with van der Waals surface area (Å²) in [5.74, 6) is 1.91. The Balaban J connectivity index is 0.00000361. The van der Waals surface area contributed by atoms with E-state index in [1.165, 1.54) is 0 Å². The number of methoxy groups -OCH3 is 1. The number of hydrogen-bond acceptors (Lipinski definition) is 5. The fraction of sp³-hybridized carbons (Fsp3) is 0.667. The van der Waals surface area contributed by atoms with Crippen LogP contribution in [0, 0.1) is 0 Å². The van der Waals surface area contributed by atoms with Gasteiger partial charge in [0.15, 0.2) is 5.96 Å². The third-order valence-electron chi connectivity index (χ3n) is 2.15. The number of thioether (sulfide) groups is 1. The minimum atomic E-state index is 0. The van der Waals surface area contributed by atoms with Gasteiger partial charge in [-0.25, -0.2) is 4.98 Å². The highest BCUT2D eigenvalue weighted by atomic mass is 127. The lowest BCUT2D eigenvalue weighted by atomic mass is 10.5. The van der Waals surface area contributed by atoms with Crippen molar-refractivity contribution in [3.8, 4) is 0 Å². The summed E-state index contributed by atoms with van der Waals surface area (Å²) in [6.07, 6.45) is 2.89. The number of halogens is 1. The van der Waals surface area contributed by atoms with E-state index in [0.717, 1.165) is 42.1 Å². The van der Waals surface area contributed by atoms with Gasteiger partial charge in [-0.15, -0.1) is 35.3 Å². The van der Waals surface area contributed by atoms with Crippen LogP contribution in [0.4, 0.5) is 0 Å². The normalized spacial score (nSPS) is 11.0. The Morgan fingerprint density at radius 1 is 1.50 bits per heavy atom. The Morgan fingerprint density at radius 3 is 3.00 bits per heavy atom. The van der Waals surface area contributed by atoms with Gasteiger partial charge in [0.1, 0.15) is 4.34 Å². The maximum Gasteiger partial charge on any atom is 0.191 e. The van der Waals surface area contributed by atoms with Crippen molar-refractivity contribution >= 4 is 53.0 Å². The minimum Gasteiger partial charge on any atom is -0.383 e. The average Bonchev–Trinajstić information content (AvgIpc) is 2.91. The zero-order valence-electron chi connectivity index (χ0n) is 11.9. The van der Waals surface area contributed by atoms with Gasteiger partial charge in [0, 0.05) is 44.1 Å². The number of ether oxygens (including phenoxy) is 1. The molecule has 1 rings (SSSR count). The van der Waals surface area contributed by atoms with Crippen LogP contribution in [0.15, 0.2) is 20.9 Å². The number of aliphatic imine (C=N–C) groups is 1. The lowest BCUT2D eigenvalue weighted by molar-refractivity contribution is 0.203. The zero-order chi connectivity index (χ0) is 13.8. The van der Waals surface area contributed by atoms with E-state index < -0.39 is 0 Å². The maximum atomic E-state index is 5.00. The molecular weight excluding hydrogens is 407 g/mol. The summed E-state index contributed by atoms with van der Waals surface area (Å²) in [6, 6.07) is 0. The van der Waals surface area contributed by atoms with Crippen LogP contribution in [0.5, 0.6) is 0 Å². The van der Waals surface area contributed by atoms with E-state index >= 15 is 0 Å². The Hall–Kier alpha value is -0.0600. The zero-order valence-corrected chi connectivity index (χ0v) is 15.9. The van der Waals surface area contributed by atoms with Crippen LogP contribution in [0.2, 0.25) is 0 Å². The summed E-state index contributed by atoms with van der Waals surface area (Å²) in [7, 11) is 1.70. The molecule has 0 radical (unpaired) electrons. The monoisotopic (exact) mass is 430 g/mol. The third kappa shape index (κ3) is 9.78. The smallest absolute Gasteiger partial charge is 0.191 e. The van der Waals surface area contributed by atoms with E-state index in [2.05, 4.69) is 27.5 Å². The van der Waals surface area contributed by atoms with Crippen LogP contribution in [0.3, 0.4) is 0 Å². The number of hydrogen-bond donors (Lipinski definition) is 2. The van der Waals surface area contributed by atoms with Crippen molar-refractivity contribution in [2.45, 2.75) is 17.7 Å². The van der Waals surface area contributed by atoms with E-state index in [1.54, 1.807) is 30.2 Å². The van der Waals surface area contributed by atoms with Crippen LogP contribution in [0.25, 0.3) is 0 Å². The van der Waals surface area contributed by atoms with Crippen LogP contribution < -0.4 is 10.6 Å². The second-order valence-corrected chi connectivity index (χ2v) is 5.92. The molecule has 0 aliphatic rings. The van der Waals surface area contributed by atoms with Gasteiger partial charge in [-0.1, -0.05) is 11.8 Å². The SMILES string of the molecule is CCNC(=NCCCSc1nccs1)NCCOC.I. The van der Waals surface area contributed by atoms with Crippen LogP contribution >= 0.6 is 47.1 Å². The number of nitrogens with one attached hydrogen (secondary N) is 2. The van der Waals surface area contributed by atoms with Crippen molar-refractivity contribution in [3.05, 3.63) is 11.6 Å². The third-order valence-corrected chi connectivity index (χ3v) is 4.20. The molecule has 2 N–H and O–H groups in total. The highest BCUT2D eigenvalue weighted by molar-refractivity contribution is 14.0. The molecule has 20 heavy (non-hydrogen) atoms. The Labute approximate surface area is 146 Å².